The fourth-order valence-electron chi connectivity index (χ4n) is 5.97. The van der Waals surface area contributed by atoms with E-state index in [2.05, 4.69) is 63.1 Å². The summed E-state index contributed by atoms with van der Waals surface area (Å²) in [6, 6.07) is 21.3. The lowest BCUT2D eigenvalue weighted by Crippen LogP contribution is -2.49. The minimum atomic E-state index is 0.461. The van der Waals surface area contributed by atoms with Gasteiger partial charge in [0.2, 0.25) is 0 Å². The van der Waals surface area contributed by atoms with Crippen LogP contribution in [0.1, 0.15) is 24.8 Å². The topological polar surface area (TPSA) is 87.0 Å². The summed E-state index contributed by atoms with van der Waals surface area (Å²) in [4.78, 5) is 16.7. The number of benzene rings is 2. The van der Waals surface area contributed by atoms with Gasteiger partial charge in [0.25, 0.3) is 0 Å². The summed E-state index contributed by atoms with van der Waals surface area (Å²) in [7, 11) is 2.23. The number of nitrogens with two attached hydrogens (primary N) is 2. The number of pyridine rings is 1. The van der Waals surface area contributed by atoms with Crippen molar-refractivity contribution in [3.05, 3.63) is 84.3 Å². The normalized spacial score (nSPS) is 24.1. The van der Waals surface area contributed by atoms with Crippen LogP contribution in [-0.2, 0) is 0 Å². The molecule has 0 spiro atoms. The molecule has 0 amide bonds. The Morgan fingerprint density at radius 1 is 0.974 bits per heavy atom. The molecule has 2 fully saturated rings. The third-order valence-corrected chi connectivity index (χ3v) is 8.25. The van der Waals surface area contributed by atoms with Gasteiger partial charge < -0.3 is 21.3 Å². The quantitative estimate of drug-likeness (QED) is 0.541. The van der Waals surface area contributed by atoms with E-state index in [9.17, 15) is 0 Å². The van der Waals surface area contributed by atoms with Crippen LogP contribution in [0.25, 0.3) is 27.9 Å². The van der Waals surface area contributed by atoms with Crippen LogP contribution in [0, 0.1) is 5.92 Å². The van der Waals surface area contributed by atoms with Crippen LogP contribution >= 0.6 is 0 Å². The van der Waals surface area contributed by atoms with Crippen LogP contribution in [-0.4, -0.2) is 71.3 Å². The first-order valence-corrected chi connectivity index (χ1v) is 13.7. The summed E-state index contributed by atoms with van der Waals surface area (Å²) in [5, 5.41) is 1.08. The predicted molar refractivity (Wildman–Crippen MR) is 156 cm³/mol. The maximum atomic E-state index is 6.80. The van der Waals surface area contributed by atoms with Crippen molar-refractivity contribution < 1.29 is 0 Å². The van der Waals surface area contributed by atoms with E-state index in [0.29, 0.717) is 23.5 Å². The van der Waals surface area contributed by atoms with Gasteiger partial charge in [0.1, 0.15) is 11.5 Å². The van der Waals surface area contributed by atoms with E-state index in [1.165, 1.54) is 45.4 Å². The van der Waals surface area contributed by atoms with Gasteiger partial charge in [-0.2, -0.15) is 0 Å². The third kappa shape index (κ3) is 5.04. The second-order valence-electron chi connectivity index (χ2n) is 10.9. The van der Waals surface area contributed by atoms with Crippen molar-refractivity contribution in [1.29, 1.82) is 0 Å². The minimum Gasteiger partial charge on any atom is -0.396 e. The Morgan fingerprint density at radius 2 is 1.79 bits per heavy atom. The Kier molecular flexibility index (Phi) is 6.87. The molecule has 2 aliphatic heterocycles. The highest BCUT2D eigenvalue weighted by Gasteiger charge is 2.36. The second-order valence-corrected chi connectivity index (χ2v) is 10.9. The average Bonchev–Trinajstić information content (AvgIpc) is 3.14. The highest BCUT2D eigenvalue weighted by atomic mass is 15.2. The molecule has 0 unspecified atom stereocenters. The van der Waals surface area contributed by atoms with Crippen molar-refractivity contribution >= 4 is 22.4 Å². The van der Waals surface area contributed by atoms with Gasteiger partial charge in [0.05, 0.1) is 16.9 Å². The van der Waals surface area contributed by atoms with Crippen LogP contribution in [0.4, 0.5) is 0 Å². The summed E-state index contributed by atoms with van der Waals surface area (Å²) in [6.45, 7) is 5.66. The molecule has 1 saturated heterocycles. The first-order valence-electron chi connectivity index (χ1n) is 13.7. The Hall–Kier alpha value is -3.68. The molecule has 0 atom stereocenters. The number of aromatic nitrogens is 1. The maximum absolute atomic E-state index is 6.80. The van der Waals surface area contributed by atoms with Gasteiger partial charge in [-0.25, -0.2) is 9.98 Å². The summed E-state index contributed by atoms with van der Waals surface area (Å²) >= 11 is 0. The average molecular weight is 508 g/mol. The van der Waals surface area contributed by atoms with E-state index in [1.54, 1.807) is 6.20 Å². The van der Waals surface area contributed by atoms with E-state index in [0.717, 1.165) is 40.0 Å². The van der Waals surface area contributed by atoms with Crippen molar-refractivity contribution in [3.63, 3.8) is 0 Å². The molecule has 7 heteroatoms. The van der Waals surface area contributed by atoms with Crippen molar-refractivity contribution in [3.8, 4) is 11.3 Å². The van der Waals surface area contributed by atoms with E-state index in [1.807, 2.05) is 30.5 Å². The number of likely N-dealkylation sites (N-methyl/N-ethyl adjacent to an activating group) is 1. The van der Waals surface area contributed by atoms with Crippen LogP contribution in [0.5, 0.6) is 0 Å². The Balaban J connectivity index is 1.21. The van der Waals surface area contributed by atoms with E-state index in [4.69, 9.17) is 16.5 Å². The molecular formula is C31H37N7. The Bertz CT molecular complexity index is 1390. The number of rotatable bonds is 5. The zero-order valence-electron chi connectivity index (χ0n) is 22.1. The maximum Gasteiger partial charge on any atom is 0.149 e. The Morgan fingerprint density at radius 3 is 2.63 bits per heavy atom. The summed E-state index contributed by atoms with van der Waals surface area (Å²) in [5.41, 5.74) is 18.5. The highest BCUT2D eigenvalue weighted by molar-refractivity contribution is 6.04. The predicted octanol–water partition coefficient (Wildman–Crippen LogP) is 4.09. The standard InChI is InChI=1S/C31H37N7/c1-36-13-5-14-37(17-16-36)26-18-22(19-26)21-38-15-12-34-31(33)30(38)29(32)25-9-8-24-10-11-27(35-28(24)20-25)23-6-3-2-4-7-23/h2-4,6-12,15,20,22,26H,5,13-14,16-19,21,32H2,1H3,(H2,33,34)/b30-29-. The van der Waals surface area contributed by atoms with Gasteiger partial charge in [-0.3, -0.25) is 4.90 Å². The van der Waals surface area contributed by atoms with Gasteiger partial charge in [-0.05, 0) is 57.5 Å². The lowest BCUT2D eigenvalue weighted by atomic mass is 9.78. The lowest BCUT2D eigenvalue weighted by Gasteiger charge is -2.44. The molecule has 3 heterocycles. The number of hydrogen-bond acceptors (Lipinski definition) is 7. The molecule has 6 rings (SSSR count). The fraction of sp³-hybridized carbons (Fsp3) is 0.355. The van der Waals surface area contributed by atoms with Crippen molar-refractivity contribution in [2.24, 2.45) is 22.4 Å². The largest absolute Gasteiger partial charge is 0.396 e. The second kappa shape index (κ2) is 10.6. The smallest absolute Gasteiger partial charge is 0.149 e. The van der Waals surface area contributed by atoms with Crippen molar-refractivity contribution in [1.82, 2.24) is 19.7 Å². The molecule has 196 valence electrons. The Labute approximate surface area is 225 Å². The fourth-order valence-corrected chi connectivity index (χ4v) is 5.97. The van der Waals surface area contributed by atoms with E-state index < -0.39 is 0 Å². The van der Waals surface area contributed by atoms with E-state index >= 15 is 0 Å². The minimum absolute atomic E-state index is 0.461. The van der Waals surface area contributed by atoms with Gasteiger partial charge in [0, 0.05) is 54.6 Å². The van der Waals surface area contributed by atoms with Crippen molar-refractivity contribution in [2.45, 2.75) is 25.3 Å². The molecule has 38 heavy (non-hydrogen) atoms. The van der Waals surface area contributed by atoms with Gasteiger partial charge in [0.15, 0.2) is 0 Å². The van der Waals surface area contributed by atoms with Gasteiger partial charge in [-0.15, -0.1) is 0 Å². The molecule has 1 aromatic heterocycles. The van der Waals surface area contributed by atoms with Crippen LogP contribution in [0.3, 0.4) is 0 Å². The van der Waals surface area contributed by atoms with Gasteiger partial charge >= 0.3 is 0 Å². The summed E-state index contributed by atoms with van der Waals surface area (Å²) in [6.07, 6.45) is 7.50. The first kappa shape index (κ1) is 24.6. The molecule has 2 aromatic carbocycles. The molecule has 0 radical (unpaired) electrons. The zero-order chi connectivity index (χ0) is 26.1. The molecule has 1 saturated carbocycles. The van der Waals surface area contributed by atoms with Crippen LogP contribution < -0.4 is 11.5 Å². The first-order chi connectivity index (χ1) is 18.5. The number of aliphatic imine (C=N–C) groups is 1. The molecular weight excluding hydrogens is 470 g/mol. The van der Waals surface area contributed by atoms with Crippen LogP contribution in [0.15, 0.2) is 83.8 Å². The zero-order valence-corrected chi connectivity index (χ0v) is 22.1. The SMILES string of the molecule is CN1CCCN(C2CC(CN3C=CN=C(N)/C3=C(/N)c3ccc4ccc(-c5ccccc5)nc4c3)C2)CC1. The third-order valence-electron chi connectivity index (χ3n) is 8.25. The van der Waals surface area contributed by atoms with Crippen LogP contribution in [0.2, 0.25) is 0 Å². The molecule has 0 bridgehead atoms. The lowest BCUT2D eigenvalue weighted by molar-refractivity contribution is 0.0718. The van der Waals surface area contributed by atoms with E-state index in [-0.39, 0.29) is 0 Å². The highest BCUT2D eigenvalue weighted by Crippen LogP contribution is 2.35. The molecule has 3 aliphatic rings. The number of nitrogens with zero attached hydrogens (tertiary/aromatic N) is 5. The summed E-state index contributed by atoms with van der Waals surface area (Å²) in [5.74, 6) is 1.08. The monoisotopic (exact) mass is 507 g/mol. The number of fused-ring (bicyclic) bond motifs is 1. The number of hydrogen-bond donors (Lipinski definition) is 2. The molecule has 1 aliphatic carbocycles. The van der Waals surface area contributed by atoms with Crippen molar-refractivity contribution in [2.75, 3.05) is 39.8 Å². The molecule has 7 nitrogen and oxygen atoms in total. The van der Waals surface area contributed by atoms with Gasteiger partial charge in [-0.1, -0.05) is 48.5 Å². The number of amidine groups is 1. The molecule has 3 aromatic rings. The summed E-state index contributed by atoms with van der Waals surface area (Å²) < 4.78 is 0. The molecule has 4 N–H and O–H groups in total.